The molecule has 40 heavy (non-hydrogen) atoms. The molecule has 2 N–H and O–H groups in total. The normalized spacial score (nSPS) is 14.6. The molecule has 0 fully saturated rings. The summed E-state index contributed by atoms with van der Waals surface area (Å²) in [7, 11) is 0. The number of hydrogen-bond acceptors (Lipinski definition) is 3. The van der Waals surface area contributed by atoms with Crippen LogP contribution in [0.5, 0.6) is 0 Å². The Hall–Kier alpha value is -5.35. The Bertz CT molecular complexity index is 2190. The molecule has 0 amide bonds. The summed E-state index contributed by atoms with van der Waals surface area (Å²) in [6.07, 6.45) is 11.0. The number of rotatable bonds is 3. The number of pyridine rings is 1. The summed E-state index contributed by atoms with van der Waals surface area (Å²) in [5.41, 5.74) is 16.9. The molecule has 3 aromatic heterocycles. The van der Waals surface area contributed by atoms with Crippen LogP contribution in [0.1, 0.15) is 16.8 Å². The van der Waals surface area contributed by atoms with Crippen LogP contribution in [0, 0.1) is 0 Å². The lowest BCUT2D eigenvalue weighted by molar-refractivity contribution is 0.673. The number of allylic oxidation sites excluding steroid dienone is 4. The number of aromatic nitrogens is 2. The van der Waals surface area contributed by atoms with E-state index in [1.54, 1.807) is 0 Å². The van der Waals surface area contributed by atoms with E-state index in [4.69, 9.17) is 10.2 Å². The molecule has 0 spiro atoms. The second-order valence-corrected chi connectivity index (χ2v) is 10.2. The largest absolute Gasteiger partial charge is 0.455 e. The molecular weight excluding hydrogens is 490 g/mol. The molecule has 0 radical (unpaired) electrons. The molecule has 4 nitrogen and oxygen atoms in total. The fourth-order valence-corrected chi connectivity index (χ4v) is 5.92. The van der Waals surface area contributed by atoms with Crippen molar-refractivity contribution in [1.82, 2.24) is 9.55 Å². The average molecular weight is 516 g/mol. The van der Waals surface area contributed by atoms with Crippen LogP contribution in [0.25, 0.3) is 61.2 Å². The Kier molecular flexibility index (Phi) is 5.01. The lowest BCUT2D eigenvalue weighted by atomic mass is 9.98. The third-order valence-corrected chi connectivity index (χ3v) is 7.89. The monoisotopic (exact) mass is 515 g/mol. The van der Waals surface area contributed by atoms with E-state index in [9.17, 15) is 0 Å². The third kappa shape index (κ3) is 3.50. The van der Waals surface area contributed by atoms with Gasteiger partial charge in [-0.3, -0.25) is 4.98 Å². The Morgan fingerprint density at radius 3 is 2.50 bits per heavy atom. The number of para-hydroxylation sites is 2. The minimum absolute atomic E-state index is 0.727. The molecule has 4 heteroatoms. The van der Waals surface area contributed by atoms with Gasteiger partial charge in [0, 0.05) is 40.2 Å². The van der Waals surface area contributed by atoms with Gasteiger partial charge in [-0.05, 0) is 65.2 Å². The Labute approximate surface area is 231 Å². The highest BCUT2D eigenvalue weighted by Gasteiger charge is 2.18. The highest BCUT2D eigenvalue weighted by molar-refractivity contribution is 6.23. The molecule has 0 atom stereocenters. The zero-order valence-corrected chi connectivity index (χ0v) is 21.7. The van der Waals surface area contributed by atoms with Crippen LogP contribution in [0.2, 0.25) is 0 Å². The van der Waals surface area contributed by atoms with Crippen molar-refractivity contribution in [2.24, 2.45) is 5.73 Å². The zero-order valence-electron chi connectivity index (χ0n) is 21.7. The van der Waals surface area contributed by atoms with Crippen molar-refractivity contribution in [3.05, 3.63) is 144 Å². The summed E-state index contributed by atoms with van der Waals surface area (Å²) in [6, 6.07) is 33.7. The van der Waals surface area contributed by atoms with Crippen LogP contribution in [0.3, 0.4) is 0 Å². The molecule has 0 bridgehead atoms. The van der Waals surface area contributed by atoms with Gasteiger partial charge in [0.2, 0.25) is 0 Å². The Morgan fingerprint density at radius 2 is 1.60 bits per heavy atom. The van der Waals surface area contributed by atoms with E-state index in [1.807, 2.05) is 30.5 Å². The SMILES string of the molecule is N/C(=C\C=C1\C=Cc2cccnc2C1)c1ccc(-n2c3ccccc3c3c4oc5ccccc5c4ccc32)cc1. The lowest BCUT2D eigenvalue weighted by Crippen LogP contribution is -2.00. The Morgan fingerprint density at radius 1 is 0.775 bits per heavy atom. The van der Waals surface area contributed by atoms with Gasteiger partial charge in [-0.25, -0.2) is 0 Å². The summed E-state index contributed by atoms with van der Waals surface area (Å²) in [5, 5.41) is 4.59. The summed E-state index contributed by atoms with van der Waals surface area (Å²) in [5.74, 6) is 0. The zero-order chi connectivity index (χ0) is 26.6. The van der Waals surface area contributed by atoms with Crippen molar-refractivity contribution in [1.29, 1.82) is 0 Å². The first-order valence-electron chi connectivity index (χ1n) is 13.5. The molecule has 1 aliphatic carbocycles. The van der Waals surface area contributed by atoms with Crippen LogP contribution < -0.4 is 5.73 Å². The number of benzene rings is 4. The molecule has 0 aliphatic heterocycles. The third-order valence-electron chi connectivity index (χ3n) is 7.89. The van der Waals surface area contributed by atoms with Gasteiger partial charge in [0.1, 0.15) is 11.2 Å². The summed E-state index contributed by atoms with van der Waals surface area (Å²) in [6.45, 7) is 0. The van der Waals surface area contributed by atoms with E-state index in [0.29, 0.717) is 0 Å². The van der Waals surface area contributed by atoms with Crippen molar-refractivity contribution < 1.29 is 4.42 Å². The predicted molar refractivity (Wildman–Crippen MR) is 165 cm³/mol. The highest BCUT2D eigenvalue weighted by Crippen LogP contribution is 2.40. The highest BCUT2D eigenvalue weighted by atomic mass is 16.3. The first kappa shape index (κ1) is 22.6. The fraction of sp³-hybridized carbons (Fsp3) is 0.0278. The van der Waals surface area contributed by atoms with Gasteiger partial charge >= 0.3 is 0 Å². The molecule has 3 heterocycles. The predicted octanol–water partition coefficient (Wildman–Crippen LogP) is 8.57. The molecule has 0 unspecified atom stereocenters. The van der Waals surface area contributed by atoms with E-state index in [2.05, 4.69) is 107 Å². The van der Waals surface area contributed by atoms with E-state index in [-0.39, 0.29) is 0 Å². The van der Waals surface area contributed by atoms with Crippen molar-refractivity contribution >= 4 is 55.5 Å². The quantitative estimate of drug-likeness (QED) is 0.256. The van der Waals surface area contributed by atoms with E-state index >= 15 is 0 Å². The van der Waals surface area contributed by atoms with Crippen molar-refractivity contribution in [3.8, 4) is 5.69 Å². The molecule has 7 aromatic rings. The smallest absolute Gasteiger partial charge is 0.145 e. The first-order chi connectivity index (χ1) is 19.7. The molecule has 190 valence electrons. The van der Waals surface area contributed by atoms with E-state index in [0.717, 1.165) is 67.4 Å². The summed E-state index contributed by atoms with van der Waals surface area (Å²) in [4.78, 5) is 4.51. The maximum absolute atomic E-state index is 6.51. The summed E-state index contributed by atoms with van der Waals surface area (Å²) < 4.78 is 8.72. The van der Waals surface area contributed by atoms with E-state index in [1.165, 1.54) is 16.5 Å². The second-order valence-electron chi connectivity index (χ2n) is 10.2. The molecule has 1 aliphatic rings. The fourth-order valence-electron chi connectivity index (χ4n) is 5.92. The van der Waals surface area contributed by atoms with E-state index < -0.39 is 0 Å². The van der Waals surface area contributed by atoms with Crippen molar-refractivity contribution in [2.75, 3.05) is 0 Å². The second kappa shape index (κ2) is 8.85. The van der Waals surface area contributed by atoms with Gasteiger partial charge in [-0.15, -0.1) is 0 Å². The molecule has 0 saturated carbocycles. The van der Waals surface area contributed by atoms with Crippen LogP contribution in [0.4, 0.5) is 0 Å². The van der Waals surface area contributed by atoms with Gasteiger partial charge < -0.3 is 14.7 Å². The summed E-state index contributed by atoms with van der Waals surface area (Å²) >= 11 is 0. The molecule has 4 aromatic carbocycles. The lowest BCUT2D eigenvalue weighted by Gasteiger charge is -2.11. The van der Waals surface area contributed by atoms with Gasteiger partial charge in [-0.2, -0.15) is 0 Å². The first-order valence-corrected chi connectivity index (χ1v) is 13.5. The van der Waals surface area contributed by atoms with Crippen LogP contribution in [0.15, 0.2) is 131 Å². The van der Waals surface area contributed by atoms with Crippen LogP contribution in [-0.4, -0.2) is 9.55 Å². The Balaban J connectivity index is 1.20. The maximum atomic E-state index is 6.51. The number of nitrogens with zero attached hydrogens (tertiary/aromatic N) is 2. The molecular formula is C36H25N3O. The topological polar surface area (TPSA) is 57.0 Å². The van der Waals surface area contributed by atoms with Gasteiger partial charge in [-0.1, -0.05) is 72.8 Å². The van der Waals surface area contributed by atoms with Gasteiger partial charge in [0.05, 0.1) is 22.1 Å². The standard InChI is InChI=1S/C36H25N3O/c37-30(19-12-23-11-13-25-6-5-21-38-31(25)22-23)24-14-16-26(17-15-24)39-32-9-3-1-8-29(32)35-33(39)20-18-28-27-7-2-4-10-34(27)40-36(28)35/h1-21H,22,37H2/b23-12-,30-19-. The minimum atomic E-state index is 0.727. The number of hydrogen-bond donors (Lipinski definition) is 1. The number of furan rings is 1. The van der Waals surface area contributed by atoms with Crippen molar-refractivity contribution in [3.63, 3.8) is 0 Å². The number of fused-ring (bicyclic) bond motifs is 8. The molecule has 0 saturated heterocycles. The molecule has 8 rings (SSSR count). The average Bonchev–Trinajstić information content (AvgIpc) is 3.55. The van der Waals surface area contributed by atoms with Crippen molar-refractivity contribution in [2.45, 2.75) is 6.42 Å². The van der Waals surface area contributed by atoms with Gasteiger partial charge in [0.15, 0.2) is 0 Å². The van der Waals surface area contributed by atoms with Gasteiger partial charge in [0.25, 0.3) is 0 Å². The van der Waals surface area contributed by atoms with Crippen LogP contribution in [-0.2, 0) is 6.42 Å². The number of nitrogens with two attached hydrogens (primary N) is 1. The maximum Gasteiger partial charge on any atom is 0.145 e. The van der Waals surface area contributed by atoms with Crippen LogP contribution >= 0.6 is 0 Å². The minimum Gasteiger partial charge on any atom is -0.455 e.